The standard InChI is InChI=1S/C21H27N7/c1-4-18(22)26-19(23)14-28-17-10-8-7-9-16(17)25-21(28)15-11-12-20(24-13-15)27(5-2)6-3/h7-13H,4-6,14H2,1-3H3,(H3,22,23,26). The van der Waals surface area contributed by atoms with Gasteiger partial charge in [-0.1, -0.05) is 19.1 Å². The molecule has 0 aliphatic carbocycles. The van der Waals surface area contributed by atoms with E-state index in [1.165, 1.54) is 0 Å². The molecule has 2 heterocycles. The third kappa shape index (κ3) is 4.03. The van der Waals surface area contributed by atoms with E-state index in [0.717, 1.165) is 41.3 Å². The molecule has 0 aliphatic rings. The van der Waals surface area contributed by atoms with Gasteiger partial charge in [-0.25, -0.2) is 15.0 Å². The summed E-state index contributed by atoms with van der Waals surface area (Å²) in [5.74, 6) is 2.41. The van der Waals surface area contributed by atoms with Crippen molar-refractivity contribution in [2.45, 2.75) is 33.7 Å². The Hall–Kier alpha value is -3.22. The maximum Gasteiger partial charge on any atom is 0.143 e. The second kappa shape index (κ2) is 8.65. The van der Waals surface area contributed by atoms with Crippen molar-refractivity contribution in [1.29, 1.82) is 5.41 Å². The second-order valence-corrected chi connectivity index (χ2v) is 6.49. The molecule has 0 amide bonds. The van der Waals surface area contributed by atoms with Crippen molar-refractivity contribution >= 4 is 28.5 Å². The van der Waals surface area contributed by atoms with Gasteiger partial charge in [0.15, 0.2) is 0 Å². The summed E-state index contributed by atoms with van der Waals surface area (Å²) in [6.07, 6.45) is 2.40. The summed E-state index contributed by atoms with van der Waals surface area (Å²) >= 11 is 0. The number of nitrogens with one attached hydrogen (secondary N) is 1. The molecular weight excluding hydrogens is 350 g/mol. The summed E-state index contributed by atoms with van der Waals surface area (Å²) in [5, 5.41) is 7.77. The van der Waals surface area contributed by atoms with Gasteiger partial charge >= 0.3 is 0 Å². The minimum Gasteiger partial charge on any atom is -0.386 e. The topological polar surface area (TPSA) is 96.2 Å². The molecule has 2 aromatic heterocycles. The number of amidine groups is 2. The molecule has 28 heavy (non-hydrogen) atoms. The Labute approximate surface area is 165 Å². The average Bonchev–Trinajstić information content (AvgIpc) is 3.07. The van der Waals surface area contributed by atoms with Gasteiger partial charge in [-0.3, -0.25) is 5.41 Å². The lowest BCUT2D eigenvalue weighted by Crippen LogP contribution is -2.23. The van der Waals surface area contributed by atoms with Crippen LogP contribution in [0, 0.1) is 5.41 Å². The maximum atomic E-state index is 7.77. The van der Waals surface area contributed by atoms with Gasteiger partial charge in [0.25, 0.3) is 0 Å². The Kier molecular flexibility index (Phi) is 6.03. The lowest BCUT2D eigenvalue weighted by molar-refractivity contribution is 0.845. The molecule has 0 bridgehead atoms. The molecule has 3 rings (SSSR count). The zero-order valence-electron chi connectivity index (χ0n) is 16.7. The first kappa shape index (κ1) is 19.5. The summed E-state index contributed by atoms with van der Waals surface area (Å²) in [6, 6.07) is 12.0. The van der Waals surface area contributed by atoms with Crippen LogP contribution in [0.15, 0.2) is 47.6 Å². The van der Waals surface area contributed by atoms with Crippen molar-refractivity contribution < 1.29 is 0 Å². The summed E-state index contributed by atoms with van der Waals surface area (Å²) in [5.41, 5.74) is 8.91. The molecule has 7 heteroatoms. The van der Waals surface area contributed by atoms with Crippen LogP contribution in [0.25, 0.3) is 22.4 Å². The van der Waals surface area contributed by atoms with Gasteiger partial charge in [0.05, 0.1) is 17.6 Å². The molecule has 0 fully saturated rings. The van der Waals surface area contributed by atoms with E-state index in [1.807, 2.05) is 54.1 Å². The number of nitrogens with zero attached hydrogens (tertiary/aromatic N) is 5. The number of fused-ring (bicyclic) bond motifs is 1. The predicted octanol–water partition coefficient (Wildman–Crippen LogP) is 3.69. The number of anilines is 1. The third-order valence-corrected chi connectivity index (χ3v) is 4.68. The Balaban J connectivity index is 2.03. The zero-order valence-corrected chi connectivity index (χ0v) is 16.7. The lowest BCUT2D eigenvalue weighted by Gasteiger charge is -2.19. The SMILES string of the molecule is CCC(=N)N=C(N)Cn1c(-c2ccc(N(CC)CC)nc2)nc2ccccc21. The minimum absolute atomic E-state index is 0.272. The highest BCUT2D eigenvalue weighted by Gasteiger charge is 2.14. The van der Waals surface area contributed by atoms with Crippen LogP contribution in [0.1, 0.15) is 27.2 Å². The zero-order chi connectivity index (χ0) is 20.1. The number of imidazole rings is 1. The first-order valence-electron chi connectivity index (χ1n) is 9.64. The number of pyridine rings is 1. The van der Waals surface area contributed by atoms with Crippen molar-refractivity contribution in [2.75, 3.05) is 18.0 Å². The minimum atomic E-state index is 0.272. The van der Waals surface area contributed by atoms with Gasteiger partial charge < -0.3 is 15.2 Å². The van der Waals surface area contributed by atoms with Crippen LogP contribution < -0.4 is 10.6 Å². The van der Waals surface area contributed by atoms with Crippen LogP contribution in [-0.4, -0.2) is 39.3 Å². The molecule has 7 nitrogen and oxygen atoms in total. The monoisotopic (exact) mass is 377 g/mol. The lowest BCUT2D eigenvalue weighted by atomic mass is 10.2. The van der Waals surface area contributed by atoms with E-state index in [2.05, 4.69) is 28.7 Å². The van der Waals surface area contributed by atoms with E-state index >= 15 is 0 Å². The number of rotatable bonds is 7. The largest absolute Gasteiger partial charge is 0.386 e. The highest BCUT2D eigenvalue weighted by atomic mass is 15.2. The van der Waals surface area contributed by atoms with Crippen LogP contribution in [0.3, 0.4) is 0 Å². The smallest absolute Gasteiger partial charge is 0.143 e. The molecule has 0 saturated carbocycles. The molecule has 0 spiro atoms. The molecule has 1 aromatic carbocycles. The maximum absolute atomic E-state index is 7.77. The van der Waals surface area contributed by atoms with Crippen LogP contribution in [0.4, 0.5) is 5.82 Å². The van der Waals surface area contributed by atoms with Crippen molar-refractivity contribution in [3.05, 3.63) is 42.6 Å². The van der Waals surface area contributed by atoms with Crippen LogP contribution >= 0.6 is 0 Å². The van der Waals surface area contributed by atoms with Crippen molar-refractivity contribution in [2.24, 2.45) is 10.7 Å². The number of aromatic nitrogens is 3. The van der Waals surface area contributed by atoms with Gasteiger partial charge in [-0.05, 0) is 38.1 Å². The second-order valence-electron chi connectivity index (χ2n) is 6.49. The number of para-hydroxylation sites is 2. The van der Waals surface area contributed by atoms with Gasteiger partial charge in [-0.2, -0.15) is 0 Å². The highest BCUT2D eigenvalue weighted by molar-refractivity contribution is 5.95. The van der Waals surface area contributed by atoms with Crippen LogP contribution in [0.2, 0.25) is 0 Å². The summed E-state index contributed by atoms with van der Waals surface area (Å²) in [6.45, 7) is 8.33. The summed E-state index contributed by atoms with van der Waals surface area (Å²) < 4.78 is 2.03. The summed E-state index contributed by atoms with van der Waals surface area (Å²) in [4.78, 5) is 15.8. The average molecular weight is 377 g/mol. The molecule has 0 saturated heterocycles. The fourth-order valence-corrected chi connectivity index (χ4v) is 3.16. The van der Waals surface area contributed by atoms with Crippen molar-refractivity contribution in [3.8, 4) is 11.4 Å². The molecule has 0 aliphatic heterocycles. The molecule has 0 radical (unpaired) electrons. The molecular formula is C21H27N7. The van der Waals surface area contributed by atoms with Crippen LogP contribution in [0.5, 0.6) is 0 Å². The van der Waals surface area contributed by atoms with Crippen molar-refractivity contribution in [3.63, 3.8) is 0 Å². The van der Waals surface area contributed by atoms with Crippen molar-refractivity contribution in [1.82, 2.24) is 14.5 Å². The fraction of sp³-hybridized carbons (Fsp3) is 0.333. The van der Waals surface area contributed by atoms with E-state index in [4.69, 9.17) is 16.1 Å². The first-order chi connectivity index (χ1) is 13.6. The molecule has 0 atom stereocenters. The predicted molar refractivity (Wildman–Crippen MR) is 116 cm³/mol. The van der Waals surface area contributed by atoms with E-state index in [9.17, 15) is 0 Å². The van der Waals surface area contributed by atoms with E-state index in [0.29, 0.717) is 18.8 Å². The Morgan fingerprint density at radius 2 is 1.89 bits per heavy atom. The Bertz CT molecular complexity index is 982. The quantitative estimate of drug-likeness (QED) is 0.485. The molecule has 146 valence electrons. The third-order valence-electron chi connectivity index (χ3n) is 4.68. The molecule has 3 N–H and O–H groups in total. The first-order valence-corrected chi connectivity index (χ1v) is 9.64. The van der Waals surface area contributed by atoms with Gasteiger partial charge in [0.2, 0.25) is 0 Å². The van der Waals surface area contributed by atoms with Gasteiger partial charge in [-0.15, -0.1) is 0 Å². The Morgan fingerprint density at radius 1 is 1.14 bits per heavy atom. The van der Waals surface area contributed by atoms with E-state index in [-0.39, 0.29) is 5.84 Å². The number of nitrogens with two attached hydrogens (primary N) is 1. The van der Waals surface area contributed by atoms with Crippen LogP contribution in [-0.2, 0) is 6.54 Å². The Morgan fingerprint density at radius 3 is 2.54 bits per heavy atom. The van der Waals surface area contributed by atoms with E-state index in [1.54, 1.807) is 0 Å². The van der Waals surface area contributed by atoms with E-state index < -0.39 is 0 Å². The highest BCUT2D eigenvalue weighted by Crippen LogP contribution is 2.25. The van der Waals surface area contributed by atoms with Gasteiger partial charge in [0, 0.05) is 31.3 Å². The molecule has 3 aromatic rings. The number of aliphatic imine (C=N–C) groups is 1. The fourth-order valence-electron chi connectivity index (χ4n) is 3.16. The number of hydrogen-bond acceptors (Lipinski definition) is 4. The molecule has 0 unspecified atom stereocenters. The number of hydrogen-bond donors (Lipinski definition) is 2. The summed E-state index contributed by atoms with van der Waals surface area (Å²) in [7, 11) is 0. The normalized spacial score (nSPS) is 11.8. The number of benzene rings is 1. The van der Waals surface area contributed by atoms with Gasteiger partial charge in [0.1, 0.15) is 23.3 Å².